The molecular weight excluding hydrogens is 388 g/mol. The predicted octanol–water partition coefficient (Wildman–Crippen LogP) is 6.04. The van der Waals surface area contributed by atoms with Crippen LogP contribution in [0.5, 0.6) is 0 Å². The van der Waals surface area contributed by atoms with E-state index in [9.17, 15) is 0 Å². The quantitative estimate of drug-likeness (QED) is 0.133. The smallest absolute Gasteiger partial charge is 0.251 e. The van der Waals surface area contributed by atoms with Crippen LogP contribution in [0.15, 0.2) is 0 Å². The van der Waals surface area contributed by atoms with E-state index in [0.717, 1.165) is 24.6 Å². The zero-order chi connectivity index (χ0) is 23.6. The number of ether oxygens (including phenoxy) is 1. The van der Waals surface area contributed by atoms with Crippen molar-refractivity contribution in [3.05, 3.63) is 0 Å². The molecule has 0 aromatic heterocycles. The van der Waals surface area contributed by atoms with Crippen molar-refractivity contribution in [2.45, 2.75) is 122 Å². The molecule has 0 atom stereocenters. The summed E-state index contributed by atoms with van der Waals surface area (Å²) in [4.78, 5) is 9.03. The Morgan fingerprint density at radius 1 is 0.677 bits per heavy atom. The molecule has 0 aliphatic rings. The Kier molecular flexibility index (Phi) is 26.6. The van der Waals surface area contributed by atoms with E-state index >= 15 is 0 Å². The number of carbonyl (C=O) groups excluding carboxylic acids is 1. The van der Waals surface area contributed by atoms with Gasteiger partial charge in [0.05, 0.1) is 27.2 Å². The van der Waals surface area contributed by atoms with Crippen LogP contribution in [0.25, 0.3) is 0 Å². The molecule has 5 nitrogen and oxygen atoms in total. The van der Waals surface area contributed by atoms with Crippen LogP contribution in [-0.2, 0) is 4.74 Å². The van der Waals surface area contributed by atoms with Gasteiger partial charge in [-0.2, -0.15) is 0 Å². The van der Waals surface area contributed by atoms with Crippen molar-refractivity contribution in [3.8, 4) is 0 Å². The van der Waals surface area contributed by atoms with Crippen molar-refractivity contribution >= 4 is 6.16 Å². The number of hydrogen-bond donors (Lipinski definition) is 1. The first-order valence-corrected chi connectivity index (χ1v) is 13.2. The Morgan fingerprint density at radius 2 is 0.968 bits per heavy atom. The largest absolute Gasteiger partial charge is 0.553 e. The van der Waals surface area contributed by atoms with E-state index in [1.807, 2.05) is 0 Å². The normalized spacial score (nSPS) is 11.1. The van der Waals surface area contributed by atoms with Crippen LogP contribution in [0.1, 0.15) is 122 Å². The van der Waals surface area contributed by atoms with Crippen molar-refractivity contribution in [3.63, 3.8) is 0 Å². The summed E-state index contributed by atoms with van der Waals surface area (Å²) in [6.07, 6.45) is 24.4. The fourth-order valence-electron chi connectivity index (χ4n) is 3.90. The van der Waals surface area contributed by atoms with Crippen molar-refractivity contribution < 1.29 is 19.1 Å². The Hall–Kier alpha value is -0.810. The highest BCUT2D eigenvalue weighted by Gasteiger charge is 2.12. The van der Waals surface area contributed by atoms with Crippen LogP contribution in [-0.4, -0.2) is 51.5 Å². The topological polar surface area (TPSA) is 75.4 Å². The molecule has 0 aliphatic carbocycles. The summed E-state index contributed by atoms with van der Waals surface area (Å²) in [5.74, 6) is 0. The Balaban J connectivity index is 0. The number of unbranched alkanes of at least 4 members (excludes halogenated alkanes) is 16. The SMILES string of the molecule is CCCCCCCCCCCCCCCCCCC[N+](C)(C)CCCN.COC(=O)[O-]. The van der Waals surface area contributed by atoms with Gasteiger partial charge < -0.3 is 24.9 Å². The van der Waals surface area contributed by atoms with E-state index in [1.54, 1.807) is 0 Å². The Labute approximate surface area is 194 Å². The molecule has 0 fully saturated rings. The van der Waals surface area contributed by atoms with E-state index in [0.29, 0.717) is 0 Å². The summed E-state index contributed by atoms with van der Waals surface area (Å²) in [5, 5.41) is 9.03. The zero-order valence-electron chi connectivity index (χ0n) is 21.6. The number of nitrogens with zero attached hydrogens (tertiary/aromatic N) is 1. The number of hydrogen-bond acceptors (Lipinski definition) is 4. The fourth-order valence-corrected chi connectivity index (χ4v) is 3.90. The van der Waals surface area contributed by atoms with Crippen LogP contribution < -0.4 is 10.8 Å². The molecule has 188 valence electrons. The van der Waals surface area contributed by atoms with Gasteiger partial charge in [0, 0.05) is 13.5 Å². The first-order chi connectivity index (χ1) is 14.9. The number of carboxylic acid groups (broad SMARTS) is 1. The number of methoxy groups -OCH3 is 1. The minimum Gasteiger partial charge on any atom is -0.553 e. The molecule has 0 radical (unpaired) electrons. The molecule has 0 bridgehead atoms. The van der Waals surface area contributed by atoms with Crippen molar-refractivity contribution in [1.82, 2.24) is 0 Å². The molecule has 2 N–H and O–H groups in total. The number of nitrogens with two attached hydrogens (primary N) is 1. The minimum atomic E-state index is -1.50. The molecule has 0 saturated heterocycles. The van der Waals surface area contributed by atoms with Gasteiger partial charge in [-0.1, -0.05) is 103 Å². The standard InChI is InChI=1S/C24H53N2.C2H4O3/c1-4-5-6-7-8-9-10-11-12-13-14-15-16-17-18-19-20-23-26(2,3)24-21-22-25;1-5-2(3)4/h4-25H2,1-3H3;1H3,(H,3,4)/q+1;/p-1. The summed E-state index contributed by atoms with van der Waals surface area (Å²) in [6.45, 7) is 5.68. The van der Waals surface area contributed by atoms with E-state index in [2.05, 4.69) is 25.8 Å². The lowest BCUT2D eigenvalue weighted by molar-refractivity contribution is -0.890. The first-order valence-electron chi connectivity index (χ1n) is 13.2. The lowest BCUT2D eigenvalue weighted by Gasteiger charge is -2.29. The maximum absolute atomic E-state index is 9.03. The molecule has 0 rings (SSSR count). The van der Waals surface area contributed by atoms with Gasteiger partial charge >= 0.3 is 0 Å². The zero-order valence-corrected chi connectivity index (χ0v) is 21.6. The Bertz CT molecular complexity index is 363. The number of carbonyl (C=O) groups is 1. The van der Waals surface area contributed by atoms with Gasteiger partial charge in [0.1, 0.15) is 0 Å². The average molecular weight is 445 g/mol. The van der Waals surface area contributed by atoms with Gasteiger partial charge in [-0.05, 0) is 19.4 Å². The second kappa shape index (κ2) is 25.5. The highest BCUT2D eigenvalue weighted by Crippen LogP contribution is 2.14. The average Bonchev–Trinajstić information content (AvgIpc) is 2.75. The second-order valence-electron chi connectivity index (χ2n) is 9.64. The fraction of sp³-hybridized carbons (Fsp3) is 0.962. The lowest BCUT2D eigenvalue weighted by atomic mass is 10.0. The highest BCUT2D eigenvalue weighted by atomic mass is 16.6. The monoisotopic (exact) mass is 444 g/mol. The van der Waals surface area contributed by atoms with Gasteiger partial charge in [-0.25, -0.2) is 0 Å². The molecule has 0 unspecified atom stereocenters. The summed E-state index contributed by atoms with van der Waals surface area (Å²) < 4.78 is 4.70. The summed E-state index contributed by atoms with van der Waals surface area (Å²) >= 11 is 0. The lowest BCUT2D eigenvalue weighted by Crippen LogP contribution is -2.41. The predicted molar refractivity (Wildman–Crippen MR) is 132 cm³/mol. The number of quaternary nitrogens is 1. The minimum absolute atomic E-state index is 0.834. The summed E-state index contributed by atoms with van der Waals surface area (Å²) in [5.41, 5.74) is 5.62. The summed E-state index contributed by atoms with van der Waals surface area (Å²) in [6, 6.07) is 0. The molecular formula is C26H56N2O3. The van der Waals surface area contributed by atoms with E-state index in [1.165, 1.54) is 122 Å². The molecule has 0 aromatic carbocycles. The summed E-state index contributed by atoms with van der Waals surface area (Å²) in [7, 11) is 5.74. The van der Waals surface area contributed by atoms with E-state index in [-0.39, 0.29) is 0 Å². The third kappa shape index (κ3) is 31.5. The third-order valence-corrected chi connectivity index (χ3v) is 6.00. The van der Waals surface area contributed by atoms with Crippen LogP contribution in [0.4, 0.5) is 4.79 Å². The first kappa shape index (κ1) is 32.4. The van der Waals surface area contributed by atoms with Gasteiger partial charge in [0.25, 0.3) is 6.16 Å². The molecule has 5 heteroatoms. The van der Waals surface area contributed by atoms with Crippen LogP contribution in [0.2, 0.25) is 0 Å². The molecule has 31 heavy (non-hydrogen) atoms. The maximum Gasteiger partial charge on any atom is 0.251 e. The van der Waals surface area contributed by atoms with Crippen LogP contribution in [0.3, 0.4) is 0 Å². The van der Waals surface area contributed by atoms with Gasteiger partial charge in [0.2, 0.25) is 0 Å². The van der Waals surface area contributed by atoms with Gasteiger partial charge in [-0.3, -0.25) is 0 Å². The van der Waals surface area contributed by atoms with Crippen LogP contribution in [0, 0.1) is 0 Å². The van der Waals surface area contributed by atoms with Crippen molar-refractivity contribution in [2.24, 2.45) is 5.73 Å². The molecule has 0 amide bonds. The number of rotatable bonds is 21. The van der Waals surface area contributed by atoms with E-state index in [4.69, 9.17) is 15.6 Å². The Morgan fingerprint density at radius 3 is 1.26 bits per heavy atom. The maximum atomic E-state index is 9.03. The van der Waals surface area contributed by atoms with Crippen LogP contribution >= 0.6 is 0 Å². The van der Waals surface area contributed by atoms with E-state index < -0.39 is 6.16 Å². The molecule has 0 saturated carbocycles. The van der Waals surface area contributed by atoms with Gasteiger partial charge in [-0.15, -0.1) is 0 Å². The van der Waals surface area contributed by atoms with Crippen molar-refractivity contribution in [1.29, 1.82) is 0 Å². The molecule has 0 aliphatic heterocycles. The van der Waals surface area contributed by atoms with Crippen molar-refractivity contribution in [2.75, 3.05) is 40.8 Å². The molecule has 0 aromatic rings. The second-order valence-corrected chi connectivity index (χ2v) is 9.64. The molecule has 0 spiro atoms. The highest BCUT2D eigenvalue weighted by molar-refractivity contribution is 5.53. The third-order valence-electron chi connectivity index (χ3n) is 6.00. The molecule has 0 heterocycles. The van der Waals surface area contributed by atoms with Gasteiger partial charge in [0.15, 0.2) is 0 Å².